The van der Waals surface area contributed by atoms with Crippen molar-refractivity contribution in [3.05, 3.63) is 11.8 Å². The van der Waals surface area contributed by atoms with E-state index in [9.17, 15) is 4.79 Å². The molecular formula is C17H27ClN4O2. The number of halogens is 1. The Labute approximate surface area is 148 Å². The zero-order chi connectivity index (χ0) is 15.7. The molecule has 6 nitrogen and oxygen atoms in total. The molecule has 2 atom stereocenters. The average molecular weight is 355 g/mol. The van der Waals surface area contributed by atoms with Crippen molar-refractivity contribution in [3.63, 3.8) is 0 Å². The van der Waals surface area contributed by atoms with Gasteiger partial charge in [0.1, 0.15) is 0 Å². The molecule has 1 aromatic rings. The van der Waals surface area contributed by atoms with E-state index in [-0.39, 0.29) is 23.7 Å². The third-order valence-electron chi connectivity index (χ3n) is 5.99. The van der Waals surface area contributed by atoms with Crippen LogP contribution >= 0.6 is 12.4 Å². The van der Waals surface area contributed by atoms with Crippen molar-refractivity contribution >= 4 is 24.1 Å². The average Bonchev–Trinajstić information content (AvgIpc) is 3.23. The van der Waals surface area contributed by atoms with Crippen LogP contribution in [0.1, 0.15) is 50.1 Å². The highest BCUT2D eigenvalue weighted by Crippen LogP contribution is 2.44. The highest BCUT2D eigenvalue weighted by Gasteiger charge is 2.49. The summed E-state index contributed by atoms with van der Waals surface area (Å²) in [6, 6.07) is 2.00. The van der Waals surface area contributed by atoms with Crippen LogP contribution in [0.4, 0.5) is 5.82 Å². The van der Waals surface area contributed by atoms with Gasteiger partial charge in [-0.3, -0.25) is 9.89 Å². The summed E-state index contributed by atoms with van der Waals surface area (Å²) in [4.78, 5) is 12.9. The van der Waals surface area contributed by atoms with Gasteiger partial charge in [0.15, 0.2) is 5.82 Å². The van der Waals surface area contributed by atoms with Crippen LogP contribution in [0.25, 0.3) is 0 Å². The van der Waals surface area contributed by atoms with Crippen molar-refractivity contribution in [1.82, 2.24) is 15.5 Å². The van der Waals surface area contributed by atoms with Gasteiger partial charge in [0.25, 0.3) is 0 Å². The van der Waals surface area contributed by atoms with Gasteiger partial charge in [0.05, 0.1) is 5.41 Å². The summed E-state index contributed by atoms with van der Waals surface area (Å²) in [5.41, 5.74) is 0.890. The third kappa shape index (κ3) is 3.19. The van der Waals surface area contributed by atoms with Crippen LogP contribution < -0.4 is 10.6 Å². The number of H-pyrrole nitrogens is 1. The van der Waals surface area contributed by atoms with Crippen molar-refractivity contribution < 1.29 is 9.53 Å². The van der Waals surface area contributed by atoms with Gasteiger partial charge in [-0.05, 0) is 38.1 Å². The van der Waals surface area contributed by atoms with E-state index in [1.54, 1.807) is 0 Å². The quantitative estimate of drug-likeness (QED) is 0.779. The molecule has 0 aromatic carbocycles. The molecule has 3 heterocycles. The number of anilines is 1. The second kappa shape index (κ2) is 7.42. The maximum absolute atomic E-state index is 12.9. The molecule has 0 spiro atoms. The molecule has 0 bridgehead atoms. The minimum atomic E-state index is -0.226. The molecule has 1 saturated carbocycles. The fourth-order valence-corrected chi connectivity index (χ4v) is 4.55. The lowest BCUT2D eigenvalue weighted by Gasteiger charge is -2.36. The topological polar surface area (TPSA) is 79.0 Å². The molecule has 3 aliphatic rings. The summed E-state index contributed by atoms with van der Waals surface area (Å²) in [6.07, 6.45) is 6.59. The monoisotopic (exact) mass is 354 g/mol. The number of amides is 1. The normalized spacial score (nSPS) is 30.4. The van der Waals surface area contributed by atoms with Crippen LogP contribution in [0.5, 0.6) is 0 Å². The van der Waals surface area contributed by atoms with Gasteiger partial charge in [-0.2, -0.15) is 5.10 Å². The van der Waals surface area contributed by atoms with Crippen LogP contribution in [0.15, 0.2) is 6.07 Å². The summed E-state index contributed by atoms with van der Waals surface area (Å²) in [7, 11) is 0. The zero-order valence-electron chi connectivity index (χ0n) is 14.0. The first kappa shape index (κ1) is 17.7. The van der Waals surface area contributed by atoms with Crippen molar-refractivity contribution in [2.45, 2.75) is 44.4 Å². The van der Waals surface area contributed by atoms with E-state index < -0.39 is 0 Å². The predicted molar refractivity (Wildman–Crippen MR) is 94.5 cm³/mol. The summed E-state index contributed by atoms with van der Waals surface area (Å²) >= 11 is 0. The van der Waals surface area contributed by atoms with Crippen LogP contribution in [-0.4, -0.2) is 42.4 Å². The maximum Gasteiger partial charge on any atom is 0.233 e. The van der Waals surface area contributed by atoms with Gasteiger partial charge in [0, 0.05) is 37.4 Å². The Bertz CT molecular complexity index is 573. The van der Waals surface area contributed by atoms with E-state index in [4.69, 9.17) is 4.74 Å². The first-order valence-corrected chi connectivity index (χ1v) is 8.93. The number of aromatic amines is 1. The van der Waals surface area contributed by atoms with E-state index >= 15 is 0 Å². The van der Waals surface area contributed by atoms with Crippen LogP contribution in [0.3, 0.4) is 0 Å². The fraction of sp³-hybridized carbons (Fsp3) is 0.765. The first-order chi connectivity index (χ1) is 11.3. The number of aromatic nitrogens is 2. The van der Waals surface area contributed by atoms with Crippen LogP contribution in [0, 0.1) is 11.3 Å². The van der Waals surface area contributed by atoms with E-state index in [0.29, 0.717) is 17.7 Å². The summed E-state index contributed by atoms with van der Waals surface area (Å²) < 4.78 is 5.41. The minimum absolute atomic E-state index is 0. The summed E-state index contributed by atoms with van der Waals surface area (Å²) in [5, 5.41) is 13.9. The number of hydrogen-bond donors (Lipinski definition) is 3. The number of nitrogens with zero attached hydrogens (tertiary/aromatic N) is 1. The van der Waals surface area contributed by atoms with Gasteiger partial charge in [0.2, 0.25) is 5.91 Å². The van der Waals surface area contributed by atoms with Crippen LogP contribution in [0.2, 0.25) is 0 Å². The molecule has 1 aromatic heterocycles. The lowest BCUT2D eigenvalue weighted by atomic mass is 9.67. The maximum atomic E-state index is 12.9. The largest absolute Gasteiger partial charge is 0.381 e. The Kier molecular flexibility index (Phi) is 5.47. The summed E-state index contributed by atoms with van der Waals surface area (Å²) in [6.45, 7) is 3.39. The molecule has 3 N–H and O–H groups in total. The molecule has 134 valence electrons. The minimum Gasteiger partial charge on any atom is -0.381 e. The van der Waals surface area contributed by atoms with E-state index in [1.165, 1.54) is 6.42 Å². The predicted octanol–water partition coefficient (Wildman–Crippen LogP) is 2.44. The number of fused-ring (bicyclic) bond motifs is 1. The standard InChI is InChI=1S/C17H26N4O2.ClH/c22-16(17-6-2-1-3-13(17)10-18-11-17)19-15-9-14(20-21-15)12-4-7-23-8-5-12;/h9,12-13,18H,1-8,10-11H2,(H2,19,20,21,22);1H/t13-,17+;/m0./s1. The lowest BCUT2D eigenvalue weighted by Crippen LogP contribution is -2.44. The molecule has 7 heteroatoms. The van der Waals surface area contributed by atoms with Gasteiger partial charge in [-0.25, -0.2) is 0 Å². The molecule has 4 rings (SSSR count). The third-order valence-corrected chi connectivity index (χ3v) is 5.99. The summed E-state index contributed by atoms with van der Waals surface area (Å²) in [5.74, 6) is 1.76. The second-order valence-corrected chi connectivity index (χ2v) is 7.28. The SMILES string of the molecule is Cl.O=C(Nc1cc(C2CCOCC2)[nH]n1)[C@@]12CCCC[C@H]1CNC2. The molecular weight excluding hydrogens is 328 g/mol. The highest BCUT2D eigenvalue weighted by atomic mass is 35.5. The number of carbonyl (C=O) groups is 1. The second-order valence-electron chi connectivity index (χ2n) is 7.28. The number of nitrogens with one attached hydrogen (secondary N) is 3. The van der Waals surface area contributed by atoms with Gasteiger partial charge < -0.3 is 15.4 Å². The molecule has 1 amide bonds. The van der Waals surface area contributed by atoms with E-state index in [0.717, 1.165) is 64.1 Å². The van der Waals surface area contributed by atoms with Crippen molar-refractivity contribution in [2.24, 2.45) is 11.3 Å². The Balaban J connectivity index is 0.00000169. The Morgan fingerprint density at radius 2 is 2.12 bits per heavy atom. The number of rotatable bonds is 3. The molecule has 2 saturated heterocycles. The van der Waals surface area contributed by atoms with Crippen LogP contribution in [-0.2, 0) is 9.53 Å². The first-order valence-electron chi connectivity index (χ1n) is 8.93. The van der Waals surface area contributed by atoms with Gasteiger partial charge in [-0.1, -0.05) is 12.8 Å². The Hall–Kier alpha value is -1.11. The number of ether oxygens (including phenoxy) is 1. The molecule has 0 unspecified atom stereocenters. The molecule has 1 aliphatic carbocycles. The van der Waals surface area contributed by atoms with Crippen molar-refractivity contribution in [3.8, 4) is 0 Å². The smallest absolute Gasteiger partial charge is 0.233 e. The highest BCUT2D eigenvalue weighted by molar-refractivity contribution is 5.95. The zero-order valence-corrected chi connectivity index (χ0v) is 14.8. The molecule has 3 fully saturated rings. The van der Waals surface area contributed by atoms with E-state index in [1.807, 2.05) is 6.07 Å². The van der Waals surface area contributed by atoms with Gasteiger partial charge >= 0.3 is 0 Å². The molecule has 0 radical (unpaired) electrons. The Morgan fingerprint density at radius 3 is 2.96 bits per heavy atom. The molecule has 24 heavy (non-hydrogen) atoms. The fourth-order valence-electron chi connectivity index (χ4n) is 4.55. The Morgan fingerprint density at radius 1 is 1.29 bits per heavy atom. The van der Waals surface area contributed by atoms with Crippen molar-refractivity contribution in [1.29, 1.82) is 0 Å². The van der Waals surface area contributed by atoms with Gasteiger partial charge in [-0.15, -0.1) is 12.4 Å². The number of carbonyl (C=O) groups excluding carboxylic acids is 1. The lowest BCUT2D eigenvalue weighted by molar-refractivity contribution is -0.128. The number of hydrogen-bond acceptors (Lipinski definition) is 4. The van der Waals surface area contributed by atoms with E-state index in [2.05, 4.69) is 20.8 Å². The molecule has 2 aliphatic heterocycles. The van der Waals surface area contributed by atoms with Crippen molar-refractivity contribution in [2.75, 3.05) is 31.6 Å².